The van der Waals surface area contributed by atoms with Gasteiger partial charge in [0.15, 0.2) is 5.75 Å². The fourth-order valence-corrected chi connectivity index (χ4v) is 2.58. The first-order valence-electron chi connectivity index (χ1n) is 6.36. The van der Waals surface area contributed by atoms with Crippen molar-refractivity contribution in [2.75, 3.05) is 0 Å². The first-order valence-corrected chi connectivity index (χ1v) is 7.44. The summed E-state index contributed by atoms with van der Waals surface area (Å²) in [6.07, 6.45) is 0. The van der Waals surface area contributed by atoms with Crippen LogP contribution >= 0.6 is 22.6 Å². The summed E-state index contributed by atoms with van der Waals surface area (Å²) in [4.78, 5) is 4.40. The number of aryl methyl sites for hydroxylation is 1. The lowest BCUT2D eigenvalue weighted by atomic mass is 9.86. The van der Waals surface area contributed by atoms with Gasteiger partial charge in [-0.2, -0.15) is 0 Å². The zero-order chi connectivity index (χ0) is 15.1. The van der Waals surface area contributed by atoms with Crippen LogP contribution in [0.3, 0.4) is 0 Å². The molecule has 0 radical (unpaired) electrons. The van der Waals surface area contributed by atoms with Gasteiger partial charge in [-0.15, -0.1) is 0 Å². The van der Waals surface area contributed by atoms with Gasteiger partial charge in [-0.25, -0.2) is 9.37 Å². The van der Waals surface area contributed by atoms with Crippen molar-refractivity contribution in [2.24, 2.45) is 0 Å². The van der Waals surface area contributed by atoms with E-state index in [0.29, 0.717) is 9.26 Å². The molecule has 2 rings (SSSR count). The largest absolute Gasteiger partial charge is 0.505 e. The monoisotopic (exact) mass is 385 g/mol. The normalized spacial score (nSPS) is 11.7. The van der Waals surface area contributed by atoms with E-state index in [9.17, 15) is 9.50 Å². The quantitative estimate of drug-likeness (QED) is 0.565. The molecule has 0 spiro atoms. The van der Waals surface area contributed by atoms with Crippen LogP contribution in [0.2, 0.25) is 0 Å². The van der Waals surface area contributed by atoms with Gasteiger partial charge in [-0.05, 0) is 64.8 Å². The summed E-state index contributed by atoms with van der Waals surface area (Å²) in [5, 5.41) is 10.2. The molecule has 106 valence electrons. The third-order valence-corrected chi connectivity index (χ3v) is 3.96. The number of nitrogens with zero attached hydrogens (tertiary/aromatic N) is 1. The van der Waals surface area contributed by atoms with Crippen LogP contribution in [0.25, 0.3) is 11.3 Å². The highest BCUT2D eigenvalue weighted by Gasteiger charge is 2.22. The number of hydrogen-bond donors (Lipinski definition) is 1. The molecule has 2 aromatic rings. The van der Waals surface area contributed by atoms with Crippen LogP contribution in [-0.2, 0) is 5.41 Å². The lowest BCUT2D eigenvalue weighted by Crippen LogP contribution is -2.12. The van der Waals surface area contributed by atoms with Crippen molar-refractivity contribution in [2.45, 2.75) is 33.1 Å². The van der Waals surface area contributed by atoms with Crippen LogP contribution < -0.4 is 0 Å². The van der Waals surface area contributed by atoms with Gasteiger partial charge in [0.1, 0.15) is 9.52 Å². The number of aromatic hydroxyl groups is 1. The number of halogens is 2. The van der Waals surface area contributed by atoms with Crippen molar-refractivity contribution in [1.29, 1.82) is 0 Å². The van der Waals surface area contributed by atoms with E-state index in [1.165, 1.54) is 6.07 Å². The second kappa shape index (κ2) is 5.31. The molecule has 1 N–H and O–H groups in total. The third kappa shape index (κ3) is 2.95. The Morgan fingerprint density at radius 2 is 1.85 bits per heavy atom. The minimum atomic E-state index is -0.224. The van der Waals surface area contributed by atoms with Gasteiger partial charge in [-0.1, -0.05) is 20.8 Å². The van der Waals surface area contributed by atoms with Gasteiger partial charge in [0, 0.05) is 11.1 Å². The van der Waals surface area contributed by atoms with Gasteiger partial charge < -0.3 is 5.11 Å². The molecular formula is C16H17FINO. The van der Waals surface area contributed by atoms with Gasteiger partial charge in [0.05, 0.1) is 5.69 Å². The Bertz CT molecular complexity index is 662. The fraction of sp³-hybridized carbons (Fsp3) is 0.312. The molecule has 2 nitrogen and oxygen atoms in total. The predicted octanol–water partition coefficient (Wildman–Crippen LogP) is 4.80. The Kier molecular flexibility index (Phi) is 4.04. The first-order chi connectivity index (χ1) is 9.20. The van der Waals surface area contributed by atoms with E-state index in [2.05, 4.69) is 4.98 Å². The Balaban J connectivity index is 2.63. The van der Waals surface area contributed by atoms with Crippen LogP contribution in [0.4, 0.5) is 4.39 Å². The molecule has 4 heteroatoms. The summed E-state index contributed by atoms with van der Waals surface area (Å²) in [5.74, 6) is -0.000969. The number of pyridine rings is 1. The maximum Gasteiger partial charge on any atom is 0.151 e. The smallest absolute Gasteiger partial charge is 0.151 e. The molecule has 0 fully saturated rings. The molecule has 0 saturated carbocycles. The summed E-state index contributed by atoms with van der Waals surface area (Å²) in [6, 6.07) is 6.81. The van der Waals surface area contributed by atoms with Crippen LogP contribution in [0, 0.1) is 16.4 Å². The minimum Gasteiger partial charge on any atom is -0.505 e. The number of rotatable bonds is 1. The minimum absolute atomic E-state index is 0.184. The molecule has 0 unspecified atom stereocenters. The Morgan fingerprint density at radius 1 is 1.20 bits per heavy atom. The van der Waals surface area contributed by atoms with Gasteiger partial charge in [0.25, 0.3) is 0 Å². The summed E-state index contributed by atoms with van der Waals surface area (Å²) in [6.45, 7) is 7.85. The van der Waals surface area contributed by atoms with Gasteiger partial charge in [-0.3, -0.25) is 0 Å². The van der Waals surface area contributed by atoms with E-state index >= 15 is 0 Å². The lowest BCUT2D eigenvalue weighted by molar-refractivity contribution is 0.440. The molecule has 0 aliphatic rings. The molecule has 1 aromatic carbocycles. The summed E-state index contributed by atoms with van der Waals surface area (Å²) < 4.78 is 13.9. The van der Waals surface area contributed by atoms with Crippen LogP contribution in [0.1, 0.15) is 31.9 Å². The average molecular weight is 385 g/mol. The second-order valence-corrected chi connectivity index (χ2v) is 6.93. The molecular weight excluding hydrogens is 368 g/mol. The van der Waals surface area contributed by atoms with Crippen molar-refractivity contribution in [3.05, 3.63) is 44.9 Å². The van der Waals surface area contributed by atoms with E-state index in [1.807, 2.05) is 49.4 Å². The highest BCUT2D eigenvalue weighted by Crippen LogP contribution is 2.36. The first kappa shape index (κ1) is 15.2. The standard InChI is InChI=1S/C16H17FINO/c1-9-7-10(5-6-12(9)17)13-8-11(16(2,3)4)14(20)15(18)19-13/h5-8,20H,1-4H3. The lowest BCUT2D eigenvalue weighted by Gasteiger charge is -2.21. The molecule has 1 heterocycles. The summed E-state index contributed by atoms with van der Waals surface area (Å²) in [7, 11) is 0. The maximum absolute atomic E-state index is 13.4. The number of benzene rings is 1. The highest BCUT2D eigenvalue weighted by molar-refractivity contribution is 14.1. The van der Waals surface area contributed by atoms with Crippen molar-refractivity contribution in [1.82, 2.24) is 4.98 Å². The fourth-order valence-electron chi connectivity index (χ4n) is 2.03. The summed E-state index contributed by atoms with van der Waals surface area (Å²) in [5.41, 5.74) is 2.85. The zero-order valence-electron chi connectivity index (χ0n) is 12.0. The number of aromatic nitrogens is 1. The summed E-state index contributed by atoms with van der Waals surface area (Å²) >= 11 is 2.02. The topological polar surface area (TPSA) is 33.1 Å². The molecule has 0 bridgehead atoms. The van der Waals surface area contributed by atoms with Crippen LogP contribution in [-0.4, -0.2) is 10.1 Å². The van der Waals surface area contributed by atoms with Crippen molar-refractivity contribution in [3.63, 3.8) is 0 Å². The van der Waals surface area contributed by atoms with E-state index in [0.717, 1.165) is 16.8 Å². The van der Waals surface area contributed by atoms with Gasteiger partial charge in [0.2, 0.25) is 0 Å². The van der Waals surface area contributed by atoms with E-state index in [4.69, 9.17) is 0 Å². The molecule has 0 saturated heterocycles. The van der Waals surface area contributed by atoms with Crippen molar-refractivity contribution < 1.29 is 9.50 Å². The molecule has 0 aliphatic carbocycles. The number of hydrogen-bond acceptors (Lipinski definition) is 2. The molecule has 0 atom stereocenters. The average Bonchev–Trinajstić information content (AvgIpc) is 2.34. The highest BCUT2D eigenvalue weighted by atomic mass is 127. The zero-order valence-corrected chi connectivity index (χ0v) is 14.1. The third-order valence-electron chi connectivity index (χ3n) is 3.21. The molecule has 20 heavy (non-hydrogen) atoms. The van der Waals surface area contributed by atoms with Crippen LogP contribution in [0.15, 0.2) is 24.3 Å². The van der Waals surface area contributed by atoms with Crippen LogP contribution in [0.5, 0.6) is 5.75 Å². The van der Waals surface area contributed by atoms with E-state index in [-0.39, 0.29) is 17.0 Å². The second-order valence-electron chi connectivity index (χ2n) is 5.91. The van der Waals surface area contributed by atoms with E-state index in [1.54, 1.807) is 19.1 Å². The molecule has 1 aromatic heterocycles. The molecule has 0 aliphatic heterocycles. The van der Waals surface area contributed by atoms with Crippen molar-refractivity contribution >= 4 is 22.6 Å². The maximum atomic E-state index is 13.4. The van der Waals surface area contributed by atoms with Gasteiger partial charge >= 0.3 is 0 Å². The Labute approximate surface area is 132 Å². The molecule has 0 amide bonds. The van der Waals surface area contributed by atoms with Crippen molar-refractivity contribution in [3.8, 4) is 17.0 Å². The Hall–Kier alpha value is -1.17. The predicted molar refractivity (Wildman–Crippen MR) is 87.4 cm³/mol. The SMILES string of the molecule is Cc1cc(-c2cc(C(C)(C)C)c(O)c(I)n2)ccc1F. The Morgan fingerprint density at radius 3 is 2.40 bits per heavy atom. The van der Waals surface area contributed by atoms with E-state index < -0.39 is 0 Å².